The summed E-state index contributed by atoms with van der Waals surface area (Å²) in [6.07, 6.45) is 0. The normalized spacial score (nSPS) is 30.4. The Bertz CT molecular complexity index is 151. The van der Waals surface area contributed by atoms with Gasteiger partial charge in [-0.2, -0.15) is 0 Å². The number of ether oxygens (including phenoxy) is 1. The number of carbonyl (C=O) groups excluding carboxylic acids is 1. The average Bonchev–Trinajstić information content (AvgIpc) is 2.31. The van der Waals surface area contributed by atoms with Crippen LogP contribution in [0.25, 0.3) is 0 Å². The monoisotopic (exact) mass is 269 g/mol. The molecule has 0 radical (unpaired) electrons. The largest absolute Gasteiger partial charge is 0.380 e. The predicted molar refractivity (Wildman–Crippen MR) is 50.8 cm³/mol. The Kier molecular flexibility index (Phi) is 3.58. The van der Waals surface area contributed by atoms with Crippen LogP contribution in [0.4, 0.5) is 0 Å². The van der Waals surface area contributed by atoms with Gasteiger partial charge in [0.05, 0.1) is 13.2 Å². The van der Waals surface area contributed by atoms with Gasteiger partial charge in [-0.25, -0.2) is 0 Å². The van der Waals surface area contributed by atoms with E-state index in [4.69, 9.17) is 4.74 Å². The van der Waals surface area contributed by atoms with Gasteiger partial charge in [0, 0.05) is 23.3 Å². The van der Waals surface area contributed by atoms with Crippen molar-refractivity contribution < 1.29 is 9.53 Å². The molecular weight excluding hydrogens is 257 g/mol. The summed E-state index contributed by atoms with van der Waals surface area (Å²) in [5.74, 6) is 0.542. The van der Waals surface area contributed by atoms with Gasteiger partial charge in [-0.05, 0) is 0 Å². The van der Waals surface area contributed by atoms with Crippen LogP contribution in [0, 0.1) is 5.92 Å². The molecule has 1 amide bonds. The van der Waals surface area contributed by atoms with E-state index in [1.807, 2.05) is 0 Å². The minimum Gasteiger partial charge on any atom is -0.380 e. The van der Waals surface area contributed by atoms with Crippen molar-refractivity contribution in [2.24, 2.45) is 5.92 Å². The van der Waals surface area contributed by atoms with Crippen molar-refractivity contribution in [3.63, 3.8) is 0 Å². The van der Waals surface area contributed by atoms with E-state index in [-0.39, 0.29) is 5.91 Å². The molecule has 0 bridgehead atoms. The van der Waals surface area contributed by atoms with Gasteiger partial charge in [0.1, 0.15) is 0 Å². The van der Waals surface area contributed by atoms with Crippen LogP contribution in [-0.4, -0.2) is 29.6 Å². The second kappa shape index (κ2) is 4.25. The molecule has 0 aliphatic carbocycles. The van der Waals surface area contributed by atoms with E-state index in [2.05, 4.69) is 27.9 Å². The summed E-state index contributed by atoms with van der Waals surface area (Å²) in [6.45, 7) is 3.90. The molecule has 1 heterocycles. The minimum atomic E-state index is 0.0421. The molecule has 2 unspecified atom stereocenters. The Balaban J connectivity index is 2.20. The standard InChI is InChI=1S/C7H12INO2/c1-5(10)9-2-6-3-11-4-7(6)8/h6-7H,2-4H2,1H3,(H,9,10). The second-order valence-electron chi connectivity index (χ2n) is 2.75. The van der Waals surface area contributed by atoms with Crippen LogP contribution in [0.15, 0.2) is 0 Å². The minimum absolute atomic E-state index is 0.0421. The number of alkyl halides is 1. The quantitative estimate of drug-likeness (QED) is 0.588. The lowest BCUT2D eigenvalue weighted by Gasteiger charge is -2.11. The fraction of sp³-hybridized carbons (Fsp3) is 0.857. The van der Waals surface area contributed by atoms with Crippen LogP contribution in [0.5, 0.6) is 0 Å². The molecule has 11 heavy (non-hydrogen) atoms. The SMILES string of the molecule is CC(=O)NCC1COCC1I. The zero-order chi connectivity index (χ0) is 8.27. The zero-order valence-corrected chi connectivity index (χ0v) is 8.63. The van der Waals surface area contributed by atoms with Crippen LogP contribution < -0.4 is 5.32 Å². The van der Waals surface area contributed by atoms with Crippen LogP contribution >= 0.6 is 22.6 Å². The summed E-state index contributed by atoms with van der Waals surface area (Å²) in [6, 6.07) is 0. The van der Waals surface area contributed by atoms with Gasteiger partial charge >= 0.3 is 0 Å². The third kappa shape index (κ3) is 2.94. The first-order valence-corrected chi connectivity index (χ1v) is 4.91. The fourth-order valence-electron chi connectivity index (χ4n) is 1.03. The van der Waals surface area contributed by atoms with E-state index in [1.165, 1.54) is 6.92 Å². The highest BCUT2D eigenvalue weighted by atomic mass is 127. The molecule has 1 rings (SSSR count). The van der Waals surface area contributed by atoms with Crippen molar-refractivity contribution in [1.82, 2.24) is 5.32 Å². The Hall–Kier alpha value is 0.160. The first kappa shape index (κ1) is 9.25. The average molecular weight is 269 g/mol. The Morgan fingerprint density at radius 2 is 2.45 bits per heavy atom. The number of amides is 1. The summed E-state index contributed by atoms with van der Waals surface area (Å²) in [5, 5.41) is 2.79. The molecule has 4 heteroatoms. The van der Waals surface area contributed by atoms with Crippen molar-refractivity contribution in [2.45, 2.75) is 10.8 Å². The smallest absolute Gasteiger partial charge is 0.216 e. The van der Waals surface area contributed by atoms with Crippen LogP contribution in [-0.2, 0) is 9.53 Å². The number of nitrogens with one attached hydrogen (secondary N) is 1. The number of halogens is 1. The molecule has 1 N–H and O–H groups in total. The van der Waals surface area contributed by atoms with Gasteiger partial charge in [-0.15, -0.1) is 0 Å². The first-order chi connectivity index (χ1) is 5.20. The van der Waals surface area contributed by atoms with E-state index in [0.29, 0.717) is 9.84 Å². The topological polar surface area (TPSA) is 38.3 Å². The molecule has 3 nitrogen and oxygen atoms in total. The van der Waals surface area contributed by atoms with Crippen molar-refractivity contribution in [2.75, 3.05) is 19.8 Å². The van der Waals surface area contributed by atoms with Crippen LogP contribution in [0.2, 0.25) is 0 Å². The molecule has 0 aromatic heterocycles. The predicted octanol–water partition coefficient (Wildman–Crippen LogP) is 0.573. The molecule has 0 saturated carbocycles. The van der Waals surface area contributed by atoms with E-state index in [1.54, 1.807) is 0 Å². The molecule has 1 aliphatic rings. The third-order valence-electron chi connectivity index (χ3n) is 1.73. The van der Waals surface area contributed by atoms with Gasteiger partial charge in [-0.3, -0.25) is 4.79 Å². The Morgan fingerprint density at radius 3 is 2.91 bits per heavy atom. The van der Waals surface area contributed by atoms with E-state index >= 15 is 0 Å². The summed E-state index contributed by atoms with van der Waals surface area (Å²) < 4.78 is 5.80. The van der Waals surface area contributed by atoms with Crippen LogP contribution in [0.3, 0.4) is 0 Å². The number of hydrogen-bond donors (Lipinski definition) is 1. The molecule has 2 atom stereocenters. The molecule has 64 valence electrons. The van der Waals surface area contributed by atoms with E-state index < -0.39 is 0 Å². The molecular formula is C7H12INO2. The van der Waals surface area contributed by atoms with Gasteiger partial charge < -0.3 is 10.1 Å². The van der Waals surface area contributed by atoms with Crippen molar-refractivity contribution in [1.29, 1.82) is 0 Å². The van der Waals surface area contributed by atoms with Crippen LogP contribution in [0.1, 0.15) is 6.92 Å². The van der Waals surface area contributed by atoms with Crippen molar-refractivity contribution >= 4 is 28.5 Å². The number of carbonyl (C=O) groups is 1. The second-order valence-corrected chi connectivity index (χ2v) is 4.35. The molecule has 0 aromatic carbocycles. The van der Waals surface area contributed by atoms with Crippen molar-refractivity contribution in [3.8, 4) is 0 Å². The van der Waals surface area contributed by atoms with E-state index in [9.17, 15) is 4.79 Å². The maximum atomic E-state index is 10.6. The summed E-state index contributed by atoms with van der Waals surface area (Å²) >= 11 is 2.36. The molecule has 0 aromatic rings. The Labute approximate surface area is 80.0 Å². The van der Waals surface area contributed by atoms with Gasteiger partial charge in [0.15, 0.2) is 0 Å². The summed E-state index contributed by atoms with van der Waals surface area (Å²) in [4.78, 5) is 10.6. The lowest BCUT2D eigenvalue weighted by molar-refractivity contribution is -0.119. The zero-order valence-electron chi connectivity index (χ0n) is 6.47. The highest BCUT2D eigenvalue weighted by Crippen LogP contribution is 2.20. The highest BCUT2D eigenvalue weighted by molar-refractivity contribution is 14.1. The first-order valence-electron chi connectivity index (χ1n) is 3.66. The number of hydrogen-bond acceptors (Lipinski definition) is 2. The molecule has 0 spiro atoms. The molecule has 1 fully saturated rings. The molecule has 1 saturated heterocycles. The van der Waals surface area contributed by atoms with Gasteiger partial charge in [-0.1, -0.05) is 22.6 Å². The van der Waals surface area contributed by atoms with Gasteiger partial charge in [0.2, 0.25) is 5.91 Å². The maximum absolute atomic E-state index is 10.6. The fourth-order valence-corrected chi connectivity index (χ4v) is 1.75. The van der Waals surface area contributed by atoms with Gasteiger partial charge in [0.25, 0.3) is 0 Å². The maximum Gasteiger partial charge on any atom is 0.216 e. The summed E-state index contributed by atoms with van der Waals surface area (Å²) in [7, 11) is 0. The summed E-state index contributed by atoms with van der Waals surface area (Å²) in [5.41, 5.74) is 0. The number of rotatable bonds is 2. The van der Waals surface area contributed by atoms with Crippen molar-refractivity contribution in [3.05, 3.63) is 0 Å². The Morgan fingerprint density at radius 1 is 1.73 bits per heavy atom. The van der Waals surface area contributed by atoms with E-state index in [0.717, 1.165) is 19.8 Å². The molecule has 1 aliphatic heterocycles. The highest BCUT2D eigenvalue weighted by Gasteiger charge is 2.25. The lowest BCUT2D eigenvalue weighted by atomic mass is 10.1. The lowest BCUT2D eigenvalue weighted by Crippen LogP contribution is -2.30. The third-order valence-corrected chi connectivity index (χ3v) is 3.11.